The Bertz CT molecular complexity index is 886. The Hall–Kier alpha value is -2.47. The van der Waals surface area contributed by atoms with Crippen LogP contribution in [0.15, 0.2) is 34.7 Å². The molecule has 4 rings (SSSR count). The highest BCUT2D eigenvalue weighted by atomic mass is 35.5. The highest BCUT2D eigenvalue weighted by Crippen LogP contribution is 2.25. The second-order valence-electron chi connectivity index (χ2n) is 6.40. The molecule has 0 spiro atoms. The van der Waals surface area contributed by atoms with Crippen LogP contribution >= 0.6 is 11.6 Å². The molecule has 0 atom stereocenters. The minimum absolute atomic E-state index is 0.232. The van der Waals surface area contributed by atoms with E-state index in [0.29, 0.717) is 27.7 Å². The second kappa shape index (κ2) is 8.27. The van der Waals surface area contributed by atoms with Gasteiger partial charge in [-0.15, -0.1) is 10.2 Å². The van der Waals surface area contributed by atoms with Crippen LogP contribution in [0.25, 0.3) is 22.7 Å². The quantitative estimate of drug-likeness (QED) is 0.716. The number of nitrogens with zero attached hydrogens (tertiary/aromatic N) is 3. The molecule has 0 radical (unpaired) electrons. The van der Waals surface area contributed by atoms with Crippen LogP contribution < -0.4 is 5.32 Å². The molecule has 3 aromatic rings. The van der Waals surface area contributed by atoms with Gasteiger partial charge < -0.3 is 9.73 Å². The van der Waals surface area contributed by atoms with Crippen molar-refractivity contribution in [3.05, 3.63) is 41.0 Å². The van der Waals surface area contributed by atoms with E-state index in [0.717, 1.165) is 5.92 Å². The number of benzene rings is 1. The molecule has 1 aromatic carbocycles. The van der Waals surface area contributed by atoms with Crippen LogP contribution in [0, 0.1) is 5.92 Å². The van der Waals surface area contributed by atoms with Crippen LogP contribution in [0.5, 0.6) is 0 Å². The molecule has 0 unspecified atom stereocenters. The normalized spacial score (nSPS) is 14.1. The minimum Gasteiger partial charge on any atom is -0.435 e. The molecule has 1 saturated carbocycles. The summed E-state index contributed by atoms with van der Waals surface area (Å²) in [5.41, 5.74) is 1.94. The zero-order valence-electron chi connectivity index (χ0n) is 14.8. The van der Waals surface area contributed by atoms with Gasteiger partial charge in [-0.1, -0.05) is 44.2 Å². The summed E-state index contributed by atoms with van der Waals surface area (Å²) in [5, 5.41) is 10.8. The molecule has 136 valence electrons. The number of carbonyl (C=O) groups excluding carboxylic acids is 1. The van der Waals surface area contributed by atoms with Gasteiger partial charge in [0.15, 0.2) is 11.3 Å². The maximum Gasteiger partial charge on any atom is 0.271 e. The van der Waals surface area contributed by atoms with E-state index >= 15 is 0 Å². The molecular weight excluding hydrogens is 352 g/mol. The van der Waals surface area contributed by atoms with Gasteiger partial charge in [-0.25, -0.2) is 4.98 Å². The standard InChI is InChI=1S/C13H9ClN4O2.C6H12/c1-15-12(19)9-4-5-10(18-17-9)13-16-8-3-2-7(14)6-11(8)20-13;1-6-4-2-3-5-6/h2-6H,1H3,(H,15,19);6H,2-5H2,1H3. The largest absolute Gasteiger partial charge is 0.435 e. The van der Waals surface area contributed by atoms with E-state index in [1.54, 1.807) is 30.3 Å². The fraction of sp³-hybridized carbons (Fsp3) is 0.368. The lowest BCUT2D eigenvalue weighted by Gasteiger charge is -1.97. The van der Waals surface area contributed by atoms with Crippen LogP contribution in [-0.2, 0) is 0 Å². The zero-order chi connectivity index (χ0) is 18.5. The molecule has 1 amide bonds. The number of fused-ring (bicyclic) bond motifs is 1. The minimum atomic E-state index is -0.298. The van der Waals surface area contributed by atoms with Gasteiger partial charge in [0, 0.05) is 18.1 Å². The van der Waals surface area contributed by atoms with Gasteiger partial charge in [0.25, 0.3) is 5.91 Å². The lowest BCUT2D eigenvalue weighted by molar-refractivity contribution is 0.0957. The first-order valence-electron chi connectivity index (χ1n) is 8.69. The van der Waals surface area contributed by atoms with Crippen molar-refractivity contribution in [1.82, 2.24) is 20.5 Å². The predicted molar refractivity (Wildman–Crippen MR) is 101 cm³/mol. The molecule has 0 bridgehead atoms. The van der Waals surface area contributed by atoms with Crippen molar-refractivity contribution in [2.24, 2.45) is 5.92 Å². The third kappa shape index (κ3) is 4.38. The van der Waals surface area contributed by atoms with Crippen LogP contribution in [0.3, 0.4) is 0 Å². The number of nitrogens with one attached hydrogen (secondary N) is 1. The van der Waals surface area contributed by atoms with Crippen molar-refractivity contribution in [1.29, 1.82) is 0 Å². The van der Waals surface area contributed by atoms with Crippen LogP contribution in [-0.4, -0.2) is 28.1 Å². The van der Waals surface area contributed by atoms with Crippen molar-refractivity contribution in [2.75, 3.05) is 7.05 Å². The molecule has 1 aliphatic rings. The van der Waals surface area contributed by atoms with E-state index in [9.17, 15) is 4.79 Å². The second-order valence-corrected chi connectivity index (χ2v) is 6.84. The lowest BCUT2D eigenvalue weighted by atomic mass is 10.2. The van der Waals surface area contributed by atoms with E-state index in [-0.39, 0.29) is 11.6 Å². The molecule has 1 fully saturated rings. The number of aromatic nitrogens is 3. The van der Waals surface area contributed by atoms with Gasteiger partial charge in [-0.05, 0) is 30.2 Å². The molecular formula is C19H21ClN4O2. The molecule has 6 nitrogen and oxygen atoms in total. The van der Waals surface area contributed by atoms with Crippen LogP contribution in [0.4, 0.5) is 0 Å². The Balaban J connectivity index is 0.000000278. The summed E-state index contributed by atoms with van der Waals surface area (Å²) >= 11 is 5.89. The Labute approximate surface area is 157 Å². The number of hydrogen-bond acceptors (Lipinski definition) is 5. The first kappa shape index (κ1) is 18.3. The number of amides is 1. The lowest BCUT2D eigenvalue weighted by Crippen LogP contribution is -2.19. The van der Waals surface area contributed by atoms with Gasteiger partial charge in [-0.2, -0.15) is 0 Å². The molecule has 2 heterocycles. The van der Waals surface area contributed by atoms with E-state index < -0.39 is 0 Å². The van der Waals surface area contributed by atoms with Crippen LogP contribution in [0.2, 0.25) is 5.02 Å². The van der Waals surface area contributed by atoms with Crippen molar-refractivity contribution in [3.8, 4) is 11.6 Å². The van der Waals surface area contributed by atoms with Gasteiger partial charge >= 0.3 is 0 Å². The smallest absolute Gasteiger partial charge is 0.271 e. The van der Waals surface area contributed by atoms with E-state index in [2.05, 4.69) is 27.4 Å². The number of oxazole rings is 1. The van der Waals surface area contributed by atoms with Gasteiger partial charge in [-0.3, -0.25) is 4.79 Å². The Morgan fingerprint density at radius 1 is 1.19 bits per heavy atom. The summed E-state index contributed by atoms with van der Waals surface area (Å²) < 4.78 is 5.56. The Kier molecular flexibility index (Phi) is 5.83. The summed E-state index contributed by atoms with van der Waals surface area (Å²) in [6, 6.07) is 8.36. The van der Waals surface area contributed by atoms with Gasteiger partial charge in [0.1, 0.15) is 11.2 Å². The SMILES string of the molecule is CC1CCCC1.CNC(=O)c1ccc(-c2nc3ccc(Cl)cc3o2)nn1. The Morgan fingerprint density at radius 2 is 1.96 bits per heavy atom. The van der Waals surface area contributed by atoms with Crippen molar-refractivity contribution in [2.45, 2.75) is 32.6 Å². The highest BCUT2D eigenvalue weighted by Gasteiger charge is 2.12. The fourth-order valence-electron chi connectivity index (χ4n) is 2.83. The summed E-state index contributed by atoms with van der Waals surface area (Å²) in [5.74, 6) is 1.08. The number of hydrogen-bond donors (Lipinski definition) is 1. The number of rotatable bonds is 2. The van der Waals surface area contributed by atoms with Crippen LogP contribution in [0.1, 0.15) is 43.1 Å². The van der Waals surface area contributed by atoms with E-state index in [4.69, 9.17) is 16.0 Å². The predicted octanol–water partition coefficient (Wildman–Crippen LogP) is 4.49. The fourth-order valence-corrected chi connectivity index (χ4v) is 3.00. The molecule has 1 N–H and O–H groups in total. The average molecular weight is 373 g/mol. The number of carbonyl (C=O) groups is 1. The molecule has 1 aliphatic carbocycles. The maximum atomic E-state index is 11.4. The van der Waals surface area contributed by atoms with Crippen molar-refractivity contribution < 1.29 is 9.21 Å². The molecule has 0 aliphatic heterocycles. The summed E-state index contributed by atoms with van der Waals surface area (Å²) in [7, 11) is 1.53. The third-order valence-electron chi connectivity index (χ3n) is 4.34. The van der Waals surface area contributed by atoms with Gasteiger partial charge in [0.05, 0.1) is 0 Å². The van der Waals surface area contributed by atoms with E-state index in [1.165, 1.54) is 32.7 Å². The van der Waals surface area contributed by atoms with Gasteiger partial charge in [0.2, 0.25) is 5.89 Å². The summed E-state index contributed by atoms with van der Waals surface area (Å²) in [4.78, 5) is 15.7. The first-order valence-corrected chi connectivity index (χ1v) is 9.07. The highest BCUT2D eigenvalue weighted by molar-refractivity contribution is 6.31. The molecule has 7 heteroatoms. The number of halogens is 1. The zero-order valence-corrected chi connectivity index (χ0v) is 15.6. The van der Waals surface area contributed by atoms with E-state index in [1.807, 2.05) is 0 Å². The summed E-state index contributed by atoms with van der Waals surface area (Å²) in [6.45, 7) is 2.34. The van der Waals surface area contributed by atoms with Crippen molar-refractivity contribution in [3.63, 3.8) is 0 Å². The third-order valence-corrected chi connectivity index (χ3v) is 4.57. The Morgan fingerprint density at radius 3 is 2.54 bits per heavy atom. The first-order chi connectivity index (χ1) is 12.6. The summed E-state index contributed by atoms with van der Waals surface area (Å²) in [6.07, 6.45) is 5.95. The monoisotopic (exact) mass is 372 g/mol. The average Bonchev–Trinajstić information content (AvgIpc) is 3.30. The topological polar surface area (TPSA) is 80.9 Å². The maximum absolute atomic E-state index is 11.4. The molecule has 2 aromatic heterocycles. The molecule has 26 heavy (non-hydrogen) atoms. The molecule has 0 saturated heterocycles. The van der Waals surface area contributed by atoms with Crippen molar-refractivity contribution >= 4 is 28.6 Å².